The topological polar surface area (TPSA) is 48.9 Å². The molecule has 5 nitrogen and oxygen atoms in total. The van der Waals surface area contributed by atoms with E-state index in [2.05, 4.69) is 72.7 Å². The summed E-state index contributed by atoms with van der Waals surface area (Å²) in [6.45, 7) is 11.2. The van der Waals surface area contributed by atoms with Crippen LogP contribution in [-0.4, -0.2) is 44.3 Å². The number of nitrogens with one attached hydrogen (secondary N) is 2. The highest BCUT2D eigenvalue weighted by molar-refractivity contribution is 14.0. The normalized spacial score (nSPS) is 27.8. The Bertz CT molecular complexity index is 725. The highest BCUT2D eigenvalue weighted by Crippen LogP contribution is 2.52. The lowest BCUT2D eigenvalue weighted by atomic mass is 9.57. The van der Waals surface area contributed by atoms with Gasteiger partial charge in [0.15, 0.2) is 5.96 Å². The van der Waals surface area contributed by atoms with Gasteiger partial charge in [-0.15, -0.1) is 24.0 Å². The van der Waals surface area contributed by atoms with Gasteiger partial charge in [-0.2, -0.15) is 0 Å². The van der Waals surface area contributed by atoms with Crippen molar-refractivity contribution < 1.29 is 4.74 Å². The van der Waals surface area contributed by atoms with E-state index in [1.807, 2.05) is 0 Å². The fourth-order valence-electron chi connectivity index (χ4n) is 4.80. The molecule has 1 saturated carbocycles. The summed E-state index contributed by atoms with van der Waals surface area (Å²) in [5.74, 6) is 1.52. The molecule has 1 aromatic carbocycles. The maximum atomic E-state index is 5.92. The Balaban J connectivity index is 0.00000225. The van der Waals surface area contributed by atoms with E-state index in [1.165, 1.54) is 11.3 Å². The molecule has 2 N–H and O–H groups in total. The van der Waals surface area contributed by atoms with Crippen LogP contribution in [0.5, 0.6) is 0 Å². The van der Waals surface area contributed by atoms with Gasteiger partial charge in [-0.25, -0.2) is 4.99 Å². The van der Waals surface area contributed by atoms with Gasteiger partial charge in [0, 0.05) is 49.3 Å². The molecule has 3 aliphatic rings. The summed E-state index contributed by atoms with van der Waals surface area (Å²) in [7, 11) is 0. The van der Waals surface area contributed by atoms with Crippen LogP contribution in [0.1, 0.15) is 32.8 Å². The van der Waals surface area contributed by atoms with E-state index >= 15 is 0 Å². The zero-order valence-corrected chi connectivity index (χ0v) is 19.5. The standard InChI is InChI=1S/C22H32N4O.HI/c1-4-23-21(25-19-18-10-13-27-20(18)22(19,2)3)24-15-16-8-7-9-17(14-16)26-11-5-6-12-26;/h5-9,14,18-20H,4,10-13,15H2,1-3H3,(H2,23,24,25);1H. The van der Waals surface area contributed by atoms with Crippen LogP contribution in [-0.2, 0) is 11.3 Å². The highest BCUT2D eigenvalue weighted by atomic mass is 127. The van der Waals surface area contributed by atoms with Crippen LogP contribution < -0.4 is 15.5 Å². The Labute approximate surface area is 186 Å². The molecule has 0 aromatic heterocycles. The molecule has 4 rings (SSSR count). The number of hydrogen-bond donors (Lipinski definition) is 2. The van der Waals surface area contributed by atoms with Gasteiger partial charge < -0.3 is 20.3 Å². The molecule has 1 saturated heterocycles. The van der Waals surface area contributed by atoms with Crippen molar-refractivity contribution in [1.29, 1.82) is 0 Å². The molecule has 1 aromatic rings. The predicted molar refractivity (Wildman–Crippen MR) is 127 cm³/mol. The van der Waals surface area contributed by atoms with Crippen molar-refractivity contribution in [3.63, 3.8) is 0 Å². The molecule has 2 aliphatic heterocycles. The van der Waals surface area contributed by atoms with Gasteiger partial charge in [0.2, 0.25) is 0 Å². The van der Waals surface area contributed by atoms with E-state index in [9.17, 15) is 0 Å². The van der Waals surface area contributed by atoms with Crippen molar-refractivity contribution in [3.05, 3.63) is 42.0 Å². The monoisotopic (exact) mass is 496 g/mol. The summed E-state index contributed by atoms with van der Waals surface area (Å²) in [6, 6.07) is 9.15. The van der Waals surface area contributed by atoms with Crippen LogP contribution in [0.3, 0.4) is 0 Å². The van der Waals surface area contributed by atoms with Crippen molar-refractivity contribution in [2.75, 3.05) is 31.1 Å². The Hall–Kier alpha value is -1.28. The summed E-state index contributed by atoms with van der Waals surface area (Å²) in [4.78, 5) is 7.24. The van der Waals surface area contributed by atoms with Crippen molar-refractivity contribution in [2.24, 2.45) is 16.3 Å². The molecule has 2 fully saturated rings. The predicted octanol–water partition coefficient (Wildman–Crippen LogP) is 3.55. The molecule has 6 heteroatoms. The third-order valence-electron chi connectivity index (χ3n) is 6.25. The number of guanidine groups is 1. The Morgan fingerprint density at radius 1 is 1.29 bits per heavy atom. The maximum Gasteiger partial charge on any atom is 0.191 e. The lowest BCUT2D eigenvalue weighted by Gasteiger charge is -2.54. The first-order valence-corrected chi connectivity index (χ1v) is 10.2. The second-order valence-electron chi connectivity index (χ2n) is 8.43. The molecule has 0 amide bonds. The molecule has 3 atom stereocenters. The molecule has 1 aliphatic carbocycles. The van der Waals surface area contributed by atoms with Gasteiger partial charge in [-0.1, -0.05) is 38.1 Å². The summed E-state index contributed by atoms with van der Waals surface area (Å²) in [6.07, 6.45) is 5.98. The largest absolute Gasteiger partial charge is 0.377 e. The molecule has 0 spiro atoms. The van der Waals surface area contributed by atoms with E-state index in [-0.39, 0.29) is 29.4 Å². The summed E-state index contributed by atoms with van der Waals surface area (Å²) >= 11 is 0. The Kier molecular flexibility index (Phi) is 6.91. The highest BCUT2D eigenvalue weighted by Gasteiger charge is 2.59. The second-order valence-corrected chi connectivity index (χ2v) is 8.43. The van der Waals surface area contributed by atoms with Crippen LogP contribution >= 0.6 is 24.0 Å². The van der Waals surface area contributed by atoms with E-state index in [0.717, 1.165) is 38.6 Å². The van der Waals surface area contributed by atoms with E-state index in [0.29, 0.717) is 24.6 Å². The zero-order valence-electron chi connectivity index (χ0n) is 17.1. The van der Waals surface area contributed by atoms with Gasteiger partial charge in [0.05, 0.1) is 12.6 Å². The number of halogens is 1. The summed E-state index contributed by atoms with van der Waals surface area (Å²) in [5, 5.41) is 7.11. The minimum Gasteiger partial charge on any atom is -0.377 e. The van der Waals surface area contributed by atoms with Crippen molar-refractivity contribution in [2.45, 2.75) is 45.9 Å². The molecule has 3 unspecified atom stereocenters. The second kappa shape index (κ2) is 9.03. The zero-order chi connectivity index (χ0) is 18.9. The number of aliphatic imine (C=N–C) groups is 1. The average molecular weight is 496 g/mol. The smallest absolute Gasteiger partial charge is 0.191 e. The van der Waals surface area contributed by atoms with Crippen LogP contribution in [0.15, 0.2) is 41.4 Å². The van der Waals surface area contributed by atoms with Gasteiger partial charge in [-0.05, 0) is 31.0 Å². The van der Waals surface area contributed by atoms with Crippen LogP contribution in [0.2, 0.25) is 0 Å². The van der Waals surface area contributed by atoms with Crippen LogP contribution in [0.4, 0.5) is 5.69 Å². The maximum absolute atomic E-state index is 5.92. The van der Waals surface area contributed by atoms with Crippen molar-refractivity contribution in [3.8, 4) is 0 Å². The lowest BCUT2D eigenvalue weighted by Crippen LogP contribution is -2.67. The van der Waals surface area contributed by atoms with E-state index < -0.39 is 0 Å². The Morgan fingerprint density at radius 3 is 2.82 bits per heavy atom. The van der Waals surface area contributed by atoms with Gasteiger partial charge in [-0.3, -0.25) is 0 Å². The Morgan fingerprint density at radius 2 is 2.07 bits per heavy atom. The molecule has 28 heavy (non-hydrogen) atoms. The lowest BCUT2D eigenvalue weighted by molar-refractivity contribution is -0.106. The van der Waals surface area contributed by atoms with Gasteiger partial charge in [0.25, 0.3) is 0 Å². The number of rotatable bonds is 5. The first-order valence-electron chi connectivity index (χ1n) is 10.2. The van der Waals surface area contributed by atoms with Crippen LogP contribution in [0.25, 0.3) is 0 Å². The number of anilines is 1. The van der Waals surface area contributed by atoms with Crippen LogP contribution in [0, 0.1) is 11.3 Å². The SMILES string of the molecule is CCNC(=NCc1cccc(N2CC=CC2)c1)NC1C2CCOC2C1(C)C.I. The summed E-state index contributed by atoms with van der Waals surface area (Å²) in [5.41, 5.74) is 2.67. The van der Waals surface area contributed by atoms with E-state index in [1.54, 1.807) is 0 Å². The molecular weight excluding hydrogens is 463 g/mol. The molecular formula is C22H33IN4O. The first-order chi connectivity index (χ1) is 13.1. The van der Waals surface area contributed by atoms with Crippen molar-refractivity contribution in [1.82, 2.24) is 10.6 Å². The minimum atomic E-state index is 0. The third-order valence-corrected chi connectivity index (χ3v) is 6.25. The minimum absolute atomic E-state index is 0. The first kappa shape index (κ1) is 21.4. The number of ether oxygens (including phenoxy) is 1. The molecule has 154 valence electrons. The number of benzene rings is 1. The van der Waals surface area contributed by atoms with E-state index in [4.69, 9.17) is 9.73 Å². The number of fused-ring (bicyclic) bond motifs is 1. The third kappa shape index (κ3) is 4.17. The molecule has 0 radical (unpaired) electrons. The fourth-order valence-corrected chi connectivity index (χ4v) is 4.80. The fraction of sp³-hybridized carbons (Fsp3) is 0.591. The number of hydrogen-bond acceptors (Lipinski definition) is 3. The molecule has 2 heterocycles. The number of nitrogens with zero attached hydrogens (tertiary/aromatic N) is 2. The average Bonchev–Trinajstić information content (AvgIpc) is 3.35. The van der Waals surface area contributed by atoms with Crippen molar-refractivity contribution >= 4 is 35.6 Å². The van der Waals surface area contributed by atoms with Gasteiger partial charge in [0.1, 0.15) is 0 Å². The van der Waals surface area contributed by atoms with Gasteiger partial charge >= 0.3 is 0 Å². The summed E-state index contributed by atoms with van der Waals surface area (Å²) < 4.78 is 5.92. The quantitative estimate of drug-likeness (QED) is 0.284. The molecule has 0 bridgehead atoms.